The third-order valence-corrected chi connectivity index (χ3v) is 13.9. The summed E-state index contributed by atoms with van der Waals surface area (Å²) in [6.07, 6.45) is 17.6. The molecule has 0 aromatic heterocycles. The first-order chi connectivity index (χ1) is 21.4. The van der Waals surface area contributed by atoms with Gasteiger partial charge in [-0.1, -0.05) is 53.9 Å². The molecule has 1 aromatic rings. The number of fused-ring (bicyclic) bond motifs is 5. The van der Waals surface area contributed by atoms with E-state index >= 15 is 0 Å². The summed E-state index contributed by atoms with van der Waals surface area (Å²) >= 11 is 0. The molecule has 0 spiro atoms. The van der Waals surface area contributed by atoms with E-state index in [9.17, 15) is 10.1 Å². The number of nitrogen functional groups attached to an aromatic ring is 2. The van der Waals surface area contributed by atoms with E-state index in [-0.39, 0.29) is 18.7 Å². The van der Waals surface area contributed by atoms with E-state index in [1.807, 2.05) is 0 Å². The number of ether oxygens (including phenoxy) is 1. The topological polar surface area (TPSA) is 108 Å². The summed E-state index contributed by atoms with van der Waals surface area (Å²) in [6.45, 7) is 12.8. The Hall–Kier alpha value is -1.79. The molecule has 0 bridgehead atoms. The Morgan fingerprint density at radius 2 is 1.60 bits per heavy atom. The number of esters is 1. The summed E-state index contributed by atoms with van der Waals surface area (Å²) in [5, 5.41) is 9.94. The number of carbonyl (C=O) groups excluding carboxylic acids is 1. The zero-order chi connectivity index (χ0) is 32.4. The van der Waals surface area contributed by atoms with Crippen molar-refractivity contribution in [3.8, 4) is 0 Å². The average molecular weight is 625 g/mol. The molecule has 4 saturated carbocycles. The lowest BCUT2D eigenvalue weighted by atomic mass is 9.43. The van der Waals surface area contributed by atoms with Crippen molar-refractivity contribution in [3.63, 3.8) is 0 Å². The van der Waals surface area contributed by atoms with Crippen molar-refractivity contribution in [1.82, 2.24) is 0 Å². The second kappa shape index (κ2) is 14.5. The normalized spacial score (nSPS) is 35.7. The minimum Gasteiger partial charge on any atom is -0.461 e. The first kappa shape index (κ1) is 34.5. The maximum absolute atomic E-state index is 12.4. The lowest BCUT2D eigenvalue weighted by Gasteiger charge is -2.61. The standard InChI is InChI=1S/C39H64N2O4/c1-25(2)8-6-9-26(3)33-14-15-34-32-13-12-29-22-28(16-18-38(29,4)35(32)17-19-39(33,34)5)36(45-43)10-7-11-37(42)44-24-27-20-30(40)23-31(41)21-27/h20-21,23,25-26,28-29,32-36,43H,6-19,22,24,40-41H2,1-5H3. The number of anilines is 2. The van der Waals surface area contributed by atoms with E-state index in [2.05, 4.69) is 34.6 Å². The molecule has 10 atom stereocenters. The zero-order valence-corrected chi connectivity index (χ0v) is 29.1. The van der Waals surface area contributed by atoms with Crippen LogP contribution in [0.15, 0.2) is 18.2 Å². The Bertz CT molecular complexity index is 1120. The van der Waals surface area contributed by atoms with Crippen LogP contribution in [0.4, 0.5) is 11.4 Å². The molecule has 0 saturated heterocycles. The van der Waals surface area contributed by atoms with E-state index < -0.39 is 0 Å². The molecule has 0 aliphatic heterocycles. The molecule has 4 aliphatic carbocycles. The lowest BCUT2D eigenvalue weighted by Crippen LogP contribution is -2.54. The minimum absolute atomic E-state index is 0.164. The van der Waals surface area contributed by atoms with Gasteiger partial charge in [-0.25, -0.2) is 4.89 Å². The summed E-state index contributed by atoms with van der Waals surface area (Å²) in [5.74, 6) is 6.07. The van der Waals surface area contributed by atoms with Crippen LogP contribution < -0.4 is 11.5 Å². The Morgan fingerprint density at radius 1 is 0.889 bits per heavy atom. The van der Waals surface area contributed by atoms with Crippen LogP contribution in [0, 0.1) is 58.2 Å². The lowest BCUT2D eigenvalue weighted by molar-refractivity contribution is -0.297. The van der Waals surface area contributed by atoms with Gasteiger partial charge in [0.15, 0.2) is 0 Å². The van der Waals surface area contributed by atoms with Gasteiger partial charge in [-0.15, -0.1) is 0 Å². The summed E-state index contributed by atoms with van der Waals surface area (Å²) < 4.78 is 5.46. The van der Waals surface area contributed by atoms with Crippen molar-refractivity contribution >= 4 is 17.3 Å². The van der Waals surface area contributed by atoms with Crippen LogP contribution in [-0.2, 0) is 21.0 Å². The monoisotopic (exact) mass is 624 g/mol. The smallest absolute Gasteiger partial charge is 0.306 e. The highest BCUT2D eigenvalue weighted by molar-refractivity contribution is 5.69. The second-order valence-corrected chi connectivity index (χ2v) is 16.9. The van der Waals surface area contributed by atoms with E-state index in [4.69, 9.17) is 21.1 Å². The third kappa shape index (κ3) is 7.53. The molecule has 6 nitrogen and oxygen atoms in total. The fraction of sp³-hybridized carbons (Fsp3) is 0.821. The number of benzene rings is 1. The van der Waals surface area contributed by atoms with Crippen molar-refractivity contribution in [2.24, 2.45) is 58.2 Å². The molecule has 4 fully saturated rings. The summed E-state index contributed by atoms with van der Waals surface area (Å²) in [5.41, 5.74) is 14.6. The highest BCUT2D eigenvalue weighted by atomic mass is 17.1. The number of rotatable bonds is 13. The van der Waals surface area contributed by atoms with E-state index in [0.717, 1.165) is 53.9 Å². The van der Waals surface area contributed by atoms with Gasteiger partial charge >= 0.3 is 5.97 Å². The number of nitrogens with two attached hydrogens (primary N) is 2. The van der Waals surface area contributed by atoms with Crippen molar-refractivity contribution in [2.75, 3.05) is 11.5 Å². The Labute approximate surface area is 273 Å². The zero-order valence-electron chi connectivity index (χ0n) is 29.1. The molecule has 10 unspecified atom stereocenters. The van der Waals surface area contributed by atoms with E-state index in [0.29, 0.717) is 53.3 Å². The fourth-order valence-electron chi connectivity index (χ4n) is 11.5. The van der Waals surface area contributed by atoms with Gasteiger partial charge in [0.1, 0.15) is 6.61 Å². The first-order valence-corrected chi connectivity index (χ1v) is 18.5. The largest absolute Gasteiger partial charge is 0.461 e. The molecule has 6 heteroatoms. The quantitative estimate of drug-likeness (QED) is 0.0873. The van der Waals surface area contributed by atoms with Crippen LogP contribution in [0.1, 0.15) is 136 Å². The predicted octanol–water partition coefficient (Wildman–Crippen LogP) is 9.66. The van der Waals surface area contributed by atoms with Gasteiger partial charge in [-0.2, -0.15) is 0 Å². The molecule has 5 N–H and O–H groups in total. The van der Waals surface area contributed by atoms with Crippen molar-refractivity contribution < 1.29 is 19.7 Å². The van der Waals surface area contributed by atoms with Gasteiger partial charge < -0.3 is 16.2 Å². The highest BCUT2D eigenvalue weighted by Gasteiger charge is 2.60. The molecule has 254 valence electrons. The van der Waals surface area contributed by atoms with Gasteiger partial charge in [0.2, 0.25) is 0 Å². The van der Waals surface area contributed by atoms with Crippen LogP contribution in [0.2, 0.25) is 0 Å². The number of carbonyl (C=O) groups is 1. The van der Waals surface area contributed by atoms with Crippen molar-refractivity contribution in [1.29, 1.82) is 0 Å². The Kier molecular flexibility index (Phi) is 11.2. The third-order valence-electron chi connectivity index (χ3n) is 13.9. The summed E-state index contributed by atoms with van der Waals surface area (Å²) in [6, 6.07) is 5.23. The number of hydrogen-bond donors (Lipinski definition) is 3. The average Bonchev–Trinajstić information content (AvgIpc) is 3.34. The van der Waals surface area contributed by atoms with Crippen LogP contribution in [0.3, 0.4) is 0 Å². The van der Waals surface area contributed by atoms with Gasteiger partial charge in [-0.3, -0.25) is 10.1 Å². The SMILES string of the molecule is CC(C)CCCC(C)C1CCC2C3CCC4CC(C(CCCC(=O)OCc5cc(N)cc(N)c5)OO)CCC4(C)C3CCC12C. The van der Waals surface area contributed by atoms with Crippen LogP contribution in [-0.4, -0.2) is 17.3 Å². The van der Waals surface area contributed by atoms with Crippen molar-refractivity contribution in [3.05, 3.63) is 23.8 Å². The van der Waals surface area contributed by atoms with E-state index in [1.54, 1.807) is 18.2 Å². The first-order valence-electron chi connectivity index (χ1n) is 18.5. The minimum atomic E-state index is -0.245. The Morgan fingerprint density at radius 3 is 2.31 bits per heavy atom. The van der Waals surface area contributed by atoms with Gasteiger partial charge in [0.25, 0.3) is 0 Å². The maximum atomic E-state index is 12.4. The fourth-order valence-corrected chi connectivity index (χ4v) is 11.5. The summed E-state index contributed by atoms with van der Waals surface area (Å²) in [4.78, 5) is 17.5. The van der Waals surface area contributed by atoms with Crippen LogP contribution >= 0.6 is 0 Å². The second-order valence-electron chi connectivity index (χ2n) is 16.9. The molecule has 0 heterocycles. The molecular formula is C39H64N2O4. The van der Waals surface area contributed by atoms with Crippen LogP contribution in [0.25, 0.3) is 0 Å². The maximum Gasteiger partial charge on any atom is 0.306 e. The molecule has 5 rings (SSSR count). The number of hydrogen-bond acceptors (Lipinski definition) is 6. The predicted molar refractivity (Wildman–Crippen MR) is 183 cm³/mol. The van der Waals surface area contributed by atoms with Crippen LogP contribution in [0.5, 0.6) is 0 Å². The molecule has 45 heavy (non-hydrogen) atoms. The van der Waals surface area contributed by atoms with Crippen molar-refractivity contribution in [2.45, 2.75) is 144 Å². The molecule has 4 aliphatic rings. The molecule has 0 amide bonds. The molecular weight excluding hydrogens is 560 g/mol. The Balaban J connectivity index is 1.11. The molecule has 1 aromatic carbocycles. The van der Waals surface area contributed by atoms with E-state index in [1.165, 1.54) is 64.2 Å². The highest BCUT2D eigenvalue weighted by Crippen LogP contribution is 2.69. The summed E-state index contributed by atoms with van der Waals surface area (Å²) in [7, 11) is 0. The van der Waals surface area contributed by atoms with Gasteiger partial charge in [0, 0.05) is 17.8 Å². The van der Waals surface area contributed by atoms with Gasteiger partial charge in [-0.05, 0) is 153 Å². The molecule has 0 radical (unpaired) electrons. The van der Waals surface area contributed by atoms with Gasteiger partial charge in [0.05, 0.1) is 6.10 Å².